The minimum atomic E-state index is -3.56. The summed E-state index contributed by atoms with van der Waals surface area (Å²) in [5, 5.41) is 10.3. The first-order valence-electron chi connectivity index (χ1n) is 6.96. The lowest BCUT2D eigenvalue weighted by Gasteiger charge is -2.24. The smallest absolute Gasteiger partial charge is 0.243 e. The molecule has 0 aliphatic carbocycles. The lowest BCUT2D eigenvalue weighted by atomic mass is 9.93. The Morgan fingerprint density at radius 2 is 1.95 bits per heavy atom. The number of benzene rings is 1. The van der Waals surface area contributed by atoms with Gasteiger partial charge in [-0.05, 0) is 38.8 Å². The van der Waals surface area contributed by atoms with Crippen LogP contribution in [0.25, 0.3) is 0 Å². The maximum Gasteiger partial charge on any atom is 0.243 e. The number of rotatable bonds is 2. The van der Waals surface area contributed by atoms with Gasteiger partial charge in [0.2, 0.25) is 10.0 Å². The summed E-state index contributed by atoms with van der Waals surface area (Å²) >= 11 is 0. The molecular weight excluding hydrogens is 286 g/mol. The summed E-state index contributed by atoms with van der Waals surface area (Å²) in [6.07, 6.45) is 1.11. The molecule has 0 bridgehead atoms. The van der Waals surface area contributed by atoms with E-state index in [1.165, 1.54) is 4.31 Å². The second-order valence-corrected chi connectivity index (χ2v) is 7.62. The number of sulfonamides is 1. The molecule has 1 atom stereocenters. The van der Waals surface area contributed by atoms with Gasteiger partial charge in [0.1, 0.15) is 0 Å². The SMILES string of the molecule is C=C=C1CN(S(=O)(=O)c2ccc(C)cc2)CCCC1(C)O. The predicted octanol–water partition coefficient (Wildman–Crippen LogP) is 2.24. The van der Waals surface area contributed by atoms with Gasteiger partial charge in [0.15, 0.2) is 0 Å². The van der Waals surface area contributed by atoms with Crippen molar-refractivity contribution >= 4 is 10.0 Å². The van der Waals surface area contributed by atoms with Gasteiger partial charge in [-0.1, -0.05) is 24.3 Å². The van der Waals surface area contributed by atoms with Gasteiger partial charge in [0.25, 0.3) is 0 Å². The first kappa shape index (κ1) is 16.0. The van der Waals surface area contributed by atoms with E-state index in [1.807, 2.05) is 6.92 Å². The van der Waals surface area contributed by atoms with E-state index in [4.69, 9.17) is 0 Å². The molecule has 1 heterocycles. The van der Waals surface area contributed by atoms with Crippen molar-refractivity contribution in [2.24, 2.45) is 0 Å². The molecule has 114 valence electrons. The van der Waals surface area contributed by atoms with Crippen molar-refractivity contribution in [2.45, 2.75) is 37.2 Å². The van der Waals surface area contributed by atoms with E-state index in [-0.39, 0.29) is 11.4 Å². The summed E-state index contributed by atoms with van der Waals surface area (Å²) in [5.41, 5.74) is 3.20. The lowest BCUT2D eigenvalue weighted by molar-refractivity contribution is 0.0901. The highest BCUT2D eigenvalue weighted by molar-refractivity contribution is 7.89. The summed E-state index contributed by atoms with van der Waals surface area (Å²) in [4.78, 5) is 0.276. The Bertz CT molecular complexity index is 668. The molecule has 0 spiro atoms. The highest BCUT2D eigenvalue weighted by Crippen LogP contribution is 2.29. The molecule has 5 heteroatoms. The predicted molar refractivity (Wildman–Crippen MR) is 82.4 cm³/mol. The number of hydrogen-bond donors (Lipinski definition) is 1. The zero-order valence-corrected chi connectivity index (χ0v) is 13.3. The minimum absolute atomic E-state index is 0.132. The third-order valence-corrected chi connectivity index (χ3v) is 5.79. The van der Waals surface area contributed by atoms with Crippen LogP contribution in [0.2, 0.25) is 0 Å². The van der Waals surface area contributed by atoms with Gasteiger partial charge in [-0.2, -0.15) is 4.31 Å². The molecule has 1 fully saturated rings. The lowest BCUT2D eigenvalue weighted by Crippen LogP contribution is -2.35. The third kappa shape index (κ3) is 3.27. The quantitative estimate of drug-likeness (QED) is 0.853. The van der Waals surface area contributed by atoms with E-state index in [1.54, 1.807) is 31.2 Å². The molecule has 0 amide bonds. The van der Waals surface area contributed by atoms with Crippen LogP contribution in [0.1, 0.15) is 25.3 Å². The fourth-order valence-corrected chi connectivity index (χ4v) is 3.93. The van der Waals surface area contributed by atoms with Crippen LogP contribution < -0.4 is 0 Å². The van der Waals surface area contributed by atoms with Crippen molar-refractivity contribution in [3.8, 4) is 0 Å². The number of hydrogen-bond acceptors (Lipinski definition) is 3. The Morgan fingerprint density at radius 3 is 2.52 bits per heavy atom. The third-order valence-electron chi connectivity index (χ3n) is 3.93. The van der Waals surface area contributed by atoms with Crippen LogP contribution in [0.4, 0.5) is 0 Å². The van der Waals surface area contributed by atoms with Gasteiger partial charge < -0.3 is 5.11 Å². The van der Waals surface area contributed by atoms with E-state index in [2.05, 4.69) is 12.3 Å². The van der Waals surface area contributed by atoms with Crippen LogP contribution in [-0.4, -0.2) is 36.5 Å². The molecule has 1 unspecified atom stereocenters. The topological polar surface area (TPSA) is 57.6 Å². The van der Waals surface area contributed by atoms with Crippen molar-refractivity contribution in [1.29, 1.82) is 0 Å². The maximum atomic E-state index is 12.7. The maximum absolute atomic E-state index is 12.7. The van der Waals surface area contributed by atoms with Gasteiger partial charge in [0, 0.05) is 18.7 Å². The zero-order valence-electron chi connectivity index (χ0n) is 12.5. The average molecular weight is 307 g/mol. The van der Waals surface area contributed by atoms with E-state index >= 15 is 0 Å². The van der Waals surface area contributed by atoms with E-state index in [9.17, 15) is 13.5 Å². The van der Waals surface area contributed by atoms with Gasteiger partial charge in [0.05, 0.1) is 10.5 Å². The van der Waals surface area contributed by atoms with Crippen LogP contribution in [0.5, 0.6) is 0 Å². The fourth-order valence-electron chi connectivity index (χ4n) is 2.49. The first-order chi connectivity index (χ1) is 9.77. The van der Waals surface area contributed by atoms with Crippen molar-refractivity contribution in [3.63, 3.8) is 0 Å². The molecule has 1 aromatic rings. The molecule has 1 aromatic carbocycles. The zero-order chi connectivity index (χ0) is 15.7. The van der Waals surface area contributed by atoms with Crippen LogP contribution in [0.15, 0.2) is 47.0 Å². The second-order valence-electron chi connectivity index (χ2n) is 5.68. The molecule has 1 N–H and O–H groups in total. The fraction of sp³-hybridized carbons (Fsp3) is 0.438. The highest BCUT2D eigenvalue weighted by atomic mass is 32.2. The van der Waals surface area contributed by atoms with Crippen LogP contribution in [-0.2, 0) is 10.0 Å². The Labute approximate surface area is 126 Å². The summed E-state index contributed by atoms with van der Waals surface area (Å²) < 4.78 is 26.8. The van der Waals surface area contributed by atoms with Crippen molar-refractivity contribution in [3.05, 3.63) is 47.7 Å². The largest absolute Gasteiger partial charge is 0.385 e. The van der Waals surface area contributed by atoms with Gasteiger partial charge in [-0.25, -0.2) is 8.42 Å². The Morgan fingerprint density at radius 1 is 1.33 bits per heavy atom. The van der Waals surface area contributed by atoms with Crippen molar-refractivity contribution in [2.75, 3.05) is 13.1 Å². The molecule has 0 aromatic heterocycles. The molecule has 1 aliphatic heterocycles. The van der Waals surface area contributed by atoms with Crippen LogP contribution in [0.3, 0.4) is 0 Å². The summed E-state index contributed by atoms with van der Waals surface area (Å²) in [5.74, 6) is 0. The Hall–Kier alpha value is -1.39. The average Bonchev–Trinajstić information content (AvgIpc) is 2.57. The van der Waals surface area contributed by atoms with E-state index < -0.39 is 15.6 Å². The number of aliphatic hydroxyl groups is 1. The molecule has 0 saturated carbocycles. The summed E-state index contributed by atoms with van der Waals surface area (Å²) in [6, 6.07) is 6.80. The monoisotopic (exact) mass is 307 g/mol. The standard InChI is InChI=1S/C16H21NO3S/c1-4-14-12-17(11-5-10-16(14,3)18)21(19,20)15-8-6-13(2)7-9-15/h6-9,18H,1,5,10-12H2,2-3H3. The minimum Gasteiger partial charge on any atom is -0.385 e. The molecule has 4 nitrogen and oxygen atoms in total. The number of aryl methyl sites for hydroxylation is 1. The normalized spacial score (nSPS) is 24.4. The summed E-state index contributed by atoms with van der Waals surface area (Å²) in [6.45, 7) is 7.69. The Balaban J connectivity index is 2.36. The number of nitrogens with zero attached hydrogens (tertiary/aromatic N) is 1. The van der Waals surface area contributed by atoms with E-state index in [0.29, 0.717) is 25.0 Å². The van der Waals surface area contributed by atoms with Crippen molar-refractivity contribution < 1.29 is 13.5 Å². The van der Waals surface area contributed by atoms with Gasteiger partial charge in [-0.3, -0.25) is 0 Å². The van der Waals surface area contributed by atoms with Gasteiger partial charge in [-0.15, -0.1) is 5.73 Å². The first-order valence-corrected chi connectivity index (χ1v) is 8.40. The summed E-state index contributed by atoms with van der Waals surface area (Å²) in [7, 11) is -3.56. The molecule has 2 rings (SSSR count). The second kappa shape index (κ2) is 5.78. The molecule has 1 aliphatic rings. The molecule has 1 saturated heterocycles. The molecule has 0 radical (unpaired) electrons. The van der Waals surface area contributed by atoms with Crippen LogP contribution >= 0.6 is 0 Å². The van der Waals surface area contributed by atoms with Gasteiger partial charge >= 0.3 is 0 Å². The highest BCUT2D eigenvalue weighted by Gasteiger charge is 2.35. The molecule has 21 heavy (non-hydrogen) atoms. The Kier molecular flexibility index (Phi) is 4.40. The molecular formula is C16H21NO3S. The van der Waals surface area contributed by atoms with E-state index in [0.717, 1.165) is 5.56 Å². The van der Waals surface area contributed by atoms with Crippen molar-refractivity contribution in [1.82, 2.24) is 4.31 Å². The van der Waals surface area contributed by atoms with Crippen LogP contribution in [0, 0.1) is 6.92 Å².